The molecule has 136 valence electrons. The second-order valence-electron chi connectivity index (χ2n) is 8.27. The number of hydrogen-bond donors (Lipinski definition) is 1. The van der Waals surface area contributed by atoms with E-state index in [0.717, 1.165) is 19.3 Å². The van der Waals surface area contributed by atoms with Crippen LogP contribution in [0.15, 0.2) is 30.3 Å². The Morgan fingerprint density at radius 3 is 2.52 bits per heavy atom. The van der Waals surface area contributed by atoms with Gasteiger partial charge in [0.1, 0.15) is 0 Å². The van der Waals surface area contributed by atoms with Crippen LogP contribution in [0.25, 0.3) is 0 Å². The topological polar surface area (TPSA) is 49.4 Å². The van der Waals surface area contributed by atoms with E-state index in [-0.39, 0.29) is 23.3 Å². The molecule has 1 saturated carbocycles. The normalized spacial score (nSPS) is 22.2. The Morgan fingerprint density at radius 1 is 1.16 bits per heavy atom. The van der Waals surface area contributed by atoms with Crippen molar-refractivity contribution in [1.29, 1.82) is 0 Å². The van der Waals surface area contributed by atoms with Crippen LogP contribution in [0.2, 0.25) is 0 Å². The summed E-state index contributed by atoms with van der Waals surface area (Å²) in [6, 6.07) is 10.6. The molecule has 0 spiro atoms. The number of carbonyl (C=O) groups excluding carboxylic acids is 2. The first-order valence-electron chi connectivity index (χ1n) is 9.60. The maximum atomic E-state index is 12.7. The fourth-order valence-electron chi connectivity index (χ4n) is 4.24. The Balaban J connectivity index is 1.56. The zero-order chi connectivity index (χ0) is 17.9. The van der Waals surface area contributed by atoms with Gasteiger partial charge in [0, 0.05) is 24.5 Å². The van der Waals surface area contributed by atoms with Crippen LogP contribution < -0.4 is 5.32 Å². The second-order valence-corrected chi connectivity index (χ2v) is 8.27. The van der Waals surface area contributed by atoms with E-state index in [0.29, 0.717) is 19.0 Å². The van der Waals surface area contributed by atoms with Crippen molar-refractivity contribution in [2.45, 2.75) is 70.4 Å². The molecule has 1 N–H and O–H groups in total. The van der Waals surface area contributed by atoms with Crippen LogP contribution in [0.1, 0.15) is 57.9 Å². The Kier molecular flexibility index (Phi) is 5.45. The highest BCUT2D eigenvalue weighted by molar-refractivity contribution is 5.89. The first kappa shape index (κ1) is 18.0. The largest absolute Gasteiger partial charge is 0.351 e. The maximum Gasteiger partial charge on any atom is 0.225 e. The van der Waals surface area contributed by atoms with Crippen molar-refractivity contribution in [3.63, 3.8) is 0 Å². The van der Waals surface area contributed by atoms with Crippen molar-refractivity contribution in [1.82, 2.24) is 10.2 Å². The molecule has 0 radical (unpaired) electrons. The Morgan fingerprint density at radius 2 is 1.84 bits per heavy atom. The van der Waals surface area contributed by atoms with Crippen LogP contribution in [-0.4, -0.2) is 34.8 Å². The maximum absolute atomic E-state index is 12.7. The highest BCUT2D eigenvalue weighted by Crippen LogP contribution is 2.29. The number of likely N-dealkylation sites (tertiary alicyclic amines) is 1. The molecule has 2 amide bonds. The van der Waals surface area contributed by atoms with Crippen LogP contribution >= 0.6 is 0 Å². The molecule has 1 saturated heterocycles. The fourth-order valence-corrected chi connectivity index (χ4v) is 4.24. The van der Waals surface area contributed by atoms with Gasteiger partial charge in [0.05, 0.1) is 5.92 Å². The zero-order valence-electron chi connectivity index (χ0n) is 15.5. The predicted molar refractivity (Wildman–Crippen MR) is 99.1 cm³/mol. The lowest BCUT2D eigenvalue weighted by molar-refractivity contribution is -0.131. The standard InChI is InChI=1S/C21H30N2O2/c1-21(2,14-16-9-5-3-6-10-16)22-20(25)17-13-19(24)23(15-17)18-11-7-4-8-12-18/h3,5-6,9-10,17-18H,4,7-8,11-15H2,1-2H3,(H,22,25). The van der Waals surface area contributed by atoms with Crippen molar-refractivity contribution in [3.8, 4) is 0 Å². The highest BCUT2D eigenvalue weighted by atomic mass is 16.2. The highest BCUT2D eigenvalue weighted by Gasteiger charge is 2.39. The summed E-state index contributed by atoms with van der Waals surface area (Å²) in [5.41, 5.74) is 0.888. The Hall–Kier alpha value is -1.84. The molecule has 1 heterocycles. The monoisotopic (exact) mass is 342 g/mol. The van der Waals surface area contributed by atoms with Crippen LogP contribution in [0.4, 0.5) is 0 Å². The molecule has 3 rings (SSSR count). The molecular weight excluding hydrogens is 312 g/mol. The predicted octanol–water partition coefficient (Wildman–Crippen LogP) is 3.31. The first-order chi connectivity index (χ1) is 11.9. The molecular formula is C21H30N2O2. The van der Waals surface area contributed by atoms with Gasteiger partial charge in [0.15, 0.2) is 0 Å². The minimum absolute atomic E-state index is 0.0209. The molecule has 0 bridgehead atoms. The van der Waals surface area contributed by atoms with E-state index in [4.69, 9.17) is 0 Å². The number of nitrogens with zero attached hydrogens (tertiary/aromatic N) is 1. The number of rotatable bonds is 5. The average Bonchev–Trinajstić information content (AvgIpc) is 2.98. The van der Waals surface area contributed by atoms with Gasteiger partial charge in [0.2, 0.25) is 11.8 Å². The molecule has 4 nitrogen and oxygen atoms in total. The molecule has 2 aliphatic rings. The van der Waals surface area contributed by atoms with Crippen molar-refractivity contribution in [3.05, 3.63) is 35.9 Å². The van der Waals surface area contributed by atoms with E-state index in [1.807, 2.05) is 36.9 Å². The molecule has 1 aromatic rings. The van der Waals surface area contributed by atoms with Crippen LogP contribution in [0.5, 0.6) is 0 Å². The third-order valence-corrected chi connectivity index (χ3v) is 5.50. The molecule has 4 heteroatoms. The SMILES string of the molecule is CC(C)(Cc1ccccc1)NC(=O)C1CC(=O)N(C2CCCCC2)C1. The summed E-state index contributed by atoms with van der Waals surface area (Å²) >= 11 is 0. The number of benzene rings is 1. The molecule has 1 atom stereocenters. The van der Waals surface area contributed by atoms with Crippen LogP contribution in [-0.2, 0) is 16.0 Å². The molecule has 25 heavy (non-hydrogen) atoms. The van der Waals surface area contributed by atoms with Crippen LogP contribution in [0.3, 0.4) is 0 Å². The number of hydrogen-bond acceptors (Lipinski definition) is 2. The summed E-state index contributed by atoms with van der Waals surface area (Å²) in [5, 5.41) is 3.17. The van der Waals surface area contributed by atoms with Crippen molar-refractivity contribution >= 4 is 11.8 Å². The lowest BCUT2D eigenvalue weighted by atomic mass is 9.93. The van der Waals surface area contributed by atoms with Crippen molar-refractivity contribution in [2.24, 2.45) is 5.92 Å². The number of carbonyl (C=O) groups is 2. The van der Waals surface area contributed by atoms with Gasteiger partial charge in [-0.05, 0) is 38.7 Å². The Bertz CT molecular complexity index is 606. The van der Waals surface area contributed by atoms with Crippen molar-refractivity contribution in [2.75, 3.05) is 6.54 Å². The second kappa shape index (κ2) is 7.59. The number of amides is 2. The van der Waals surface area contributed by atoms with E-state index in [2.05, 4.69) is 17.4 Å². The van der Waals surface area contributed by atoms with Gasteiger partial charge in [0.25, 0.3) is 0 Å². The van der Waals surface area contributed by atoms with Gasteiger partial charge in [-0.3, -0.25) is 9.59 Å². The van der Waals surface area contributed by atoms with E-state index >= 15 is 0 Å². The third-order valence-electron chi connectivity index (χ3n) is 5.50. The van der Waals surface area contributed by atoms with Crippen molar-refractivity contribution < 1.29 is 9.59 Å². The van der Waals surface area contributed by atoms with E-state index in [1.54, 1.807) is 0 Å². The van der Waals surface area contributed by atoms with E-state index in [9.17, 15) is 9.59 Å². The average molecular weight is 342 g/mol. The fraction of sp³-hybridized carbons (Fsp3) is 0.619. The number of nitrogens with one attached hydrogen (secondary N) is 1. The first-order valence-corrected chi connectivity index (χ1v) is 9.60. The lowest BCUT2D eigenvalue weighted by Crippen LogP contribution is -2.48. The minimum Gasteiger partial charge on any atom is -0.351 e. The summed E-state index contributed by atoms with van der Waals surface area (Å²) in [6.45, 7) is 4.69. The molecule has 1 unspecified atom stereocenters. The molecule has 1 aliphatic carbocycles. The van der Waals surface area contributed by atoms with Gasteiger partial charge in [-0.1, -0.05) is 49.6 Å². The summed E-state index contributed by atoms with van der Waals surface area (Å²) in [4.78, 5) is 27.1. The van der Waals surface area contributed by atoms with Gasteiger partial charge < -0.3 is 10.2 Å². The van der Waals surface area contributed by atoms with E-state index in [1.165, 1.54) is 24.8 Å². The molecule has 1 aromatic carbocycles. The van der Waals surface area contributed by atoms with Gasteiger partial charge in [-0.15, -0.1) is 0 Å². The van der Waals surface area contributed by atoms with Gasteiger partial charge >= 0.3 is 0 Å². The summed E-state index contributed by atoms with van der Waals surface area (Å²) in [6.07, 6.45) is 7.02. The van der Waals surface area contributed by atoms with Crippen LogP contribution in [0, 0.1) is 5.92 Å². The van der Waals surface area contributed by atoms with E-state index < -0.39 is 0 Å². The van der Waals surface area contributed by atoms with Gasteiger partial charge in [-0.25, -0.2) is 0 Å². The third kappa shape index (κ3) is 4.62. The smallest absolute Gasteiger partial charge is 0.225 e. The summed E-state index contributed by atoms with van der Waals surface area (Å²) in [7, 11) is 0. The minimum atomic E-state index is -0.320. The van der Waals surface area contributed by atoms with Gasteiger partial charge in [-0.2, -0.15) is 0 Å². The summed E-state index contributed by atoms with van der Waals surface area (Å²) < 4.78 is 0. The lowest BCUT2D eigenvalue weighted by Gasteiger charge is -2.31. The summed E-state index contributed by atoms with van der Waals surface area (Å²) in [5.74, 6) is -0.0232. The molecule has 0 aromatic heterocycles. The molecule has 1 aliphatic heterocycles. The zero-order valence-corrected chi connectivity index (χ0v) is 15.5. The Labute approximate surface area is 151 Å². The molecule has 2 fully saturated rings. The quantitative estimate of drug-likeness (QED) is 0.892.